The van der Waals surface area contributed by atoms with E-state index in [1.165, 1.54) is 0 Å². The second-order valence-corrected chi connectivity index (χ2v) is 5.78. The Morgan fingerprint density at radius 3 is 2.89 bits per heavy atom. The summed E-state index contributed by atoms with van der Waals surface area (Å²) in [6.45, 7) is 6.41. The van der Waals surface area contributed by atoms with Gasteiger partial charge in [-0.25, -0.2) is 0 Å². The van der Waals surface area contributed by atoms with Crippen LogP contribution in [0.3, 0.4) is 0 Å². The van der Waals surface area contributed by atoms with Gasteiger partial charge in [-0.2, -0.15) is 5.10 Å². The van der Waals surface area contributed by atoms with Crippen molar-refractivity contribution in [1.29, 1.82) is 0 Å². The van der Waals surface area contributed by atoms with Crippen molar-refractivity contribution in [3.63, 3.8) is 0 Å². The fraction of sp³-hybridized carbons (Fsp3) is 0.429. The van der Waals surface area contributed by atoms with E-state index in [0.717, 1.165) is 23.0 Å². The highest BCUT2D eigenvalue weighted by molar-refractivity contribution is 5.93. The molecule has 1 aromatic heterocycles. The van der Waals surface area contributed by atoms with Crippen molar-refractivity contribution in [3.05, 3.63) is 24.4 Å². The topological polar surface area (TPSA) is 57.8 Å². The third-order valence-electron chi connectivity index (χ3n) is 2.83. The Kier molecular flexibility index (Phi) is 3.36. The van der Waals surface area contributed by atoms with Crippen LogP contribution in [0.1, 0.15) is 33.6 Å². The van der Waals surface area contributed by atoms with Crippen LogP contribution in [0.5, 0.6) is 0 Å². The Balaban J connectivity index is 1.98. The maximum atomic E-state index is 11.8. The molecule has 1 heterocycles. The lowest BCUT2D eigenvalue weighted by molar-refractivity contribution is -0.116. The lowest BCUT2D eigenvalue weighted by Gasteiger charge is -2.17. The maximum absolute atomic E-state index is 11.8. The smallest absolute Gasteiger partial charge is 0.224 e. The zero-order valence-electron chi connectivity index (χ0n) is 11.1. The number of amides is 1. The van der Waals surface area contributed by atoms with E-state index < -0.39 is 0 Å². The first-order valence-electron chi connectivity index (χ1n) is 6.17. The summed E-state index contributed by atoms with van der Waals surface area (Å²) >= 11 is 0. The van der Waals surface area contributed by atoms with Crippen LogP contribution in [0.4, 0.5) is 5.69 Å². The summed E-state index contributed by atoms with van der Waals surface area (Å²) < 4.78 is 0. The minimum Gasteiger partial charge on any atom is -0.326 e. The van der Waals surface area contributed by atoms with Gasteiger partial charge in [0.15, 0.2) is 0 Å². The number of benzene rings is 1. The fourth-order valence-electron chi connectivity index (χ4n) is 1.73. The predicted molar refractivity (Wildman–Crippen MR) is 73.4 cm³/mol. The van der Waals surface area contributed by atoms with Crippen molar-refractivity contribution >= 4 is 22.5 Å². The molecular formula is C14H19N3O. The highest BCUT2D eigenvalue weighted by atomic mass is 16.1. The van der Waals surface area contributed by atoms with E-state index in [1.54, 1.807) is 6.20 Å². The van der Waals surface area contributed by atoms with Crippen LogP contribution in [0.25, 0.3) is 10.9 Å². The van der Waals surface area contributed by atoms with Gasteiger partial charge in [-0.05, 0) is 30.0 Å². The Morgan fingerprint density at radius 2 is 2.17 bits per heavy atom. The highest BCUT2D eigenvalue weighted by Gasteiger charge is 2.13. The van der Waals surface area contributed by atoms with E-state index >= 15 is 0 Å². The fourth-order valence-corrected chi connectivity index (χ4v) is 1.73. The summed E-state index contributed by atoms with van der Waals surface area (Å²) in [4.78, 5) is 11.8. The Labute approximate surface area is 107 Å². The second-order valence-electron chi connectivity index (χ2n) is 5.78. The molecule has 2 N–H and O–H groups in total. The van der Waals surface area contributed by atoms with Gasteiger partial charge in [0, 0.05) is 17.5 Å². The second kappa shape index (κ2) is 4.80. The van der Waals surface area contributed by atoms with Crippen molar-refractivity contribution in [2.75, 3.05) is 5.32 Å². The van der Waals surface area contributed by atoms with Gasteiger partial charge >= 0.3 is 0 Å². The lowest BCUT2D eigenvalue weighted by atomic mass is 9.90. The van der Waals surface area contributed by atoms with E-state index in [4.69, 9.17) is 0 Å². The normalized spacial score (nSPS) is 11.7. The number of hydrogen-bond acceptors (Lipinski definition) is 2. The monoisotopic (exact) mass is 245 g/mol. The third kappa shape index (κ3) is 3.32. The van der Waals surface area contributed by atoms with Crippen LogP contribution in [-0.4, -0.2) is 16.1 Å². The van der Waals surface area contributed by atoms with Gasteiger partial charge in [-0.15, -0.1) is 0 Å². The molecule has 2 aromatic rings. The molecule has 1 amide bonds. The summed E-state index contributed by atoms with van der Waals surface area (Å²) in [6, 6.07) is 5.74. The molecule has 2 rings (SSSR count). The van der Waals surface area contributed by atoms with Gasteiger partial charge in [0.2, 0.25) is 5.91 Å². The summed E-state index contributed by atoms with van der Waals surface area (Å²) in [6.07, 6.45) is 3.19. The number of carbonyl (C=O) groups excluding carboxylic acids is 1. The number of nitrogens with zero attached hydrogens (tertiary/aromatic N) is 1. The first-order valence-corrected chi connectivity index (χ1v) is 6.17. The van der Waals surface area contributed by atoms with Gasteiger partial charge in [0.05, 0.1) is 11.7 Å². The number of H-pyrrole nitrogens is 1. The van der Waals surface area contributed by atoms with Crippen LogP contribution >= 0.6 is 0 Å². The van der Waals surface area contributed by atoms with E-state index in [-0.39, 0.29) is 11.3 Å². The molecule has 0 atom stereocenters. The number of nitrogens with one attached hydrogen (secondary N) is 2. The number of aromatic amines is 1. The van der Waals surface area contributed by atoms with E-state index in [0.29, 0.717) is 6.42 Å². The molecule has 4 heteroatoms. The Hall–Kier alpha value is -1.84. The van der Waals surface area contributed by atoms with Crippen LogP contribution in [0.15, 0.2) is 24.4 Å². The molecule has 0 aliphatic rings. The first-order chi connectivity index (χ1) is 8.44. The lowest BCUT2D eigenvalue weighted by Crippen LogP contribution is -2.15. The molecule has 0 spiro atoms. The number of hydrogen-bond donors (Lipinski definition) is 2. The predicted octanol–water partition coefficient (Wildman–Crippen LogP) is 3.33. The van der Waals surface area contributed by atoms with Crippen LogP contribution < -0.4 is 5.32 Å². The molecule has 4 nitrogen and oxygen atoms in total. The first kappa shape index (κ1) is 12.6. The molecule has 18 heavy (non-hydrogen) atoms. The van der Waals surface area contributed by atoms with Crippen molar-refractivity contribution in [1.82, 2.24) is 10.2 Å². The minimum atomic E-state index is 0.0591. The van der Waals surface area contributed by atoms with Gasteiger partial charge in [-0.1, -0.05) is 20.8 Å². The van der Waals surface area contributed by atoms with Crippen LogP contribution in [-0.2, 0) is 4.79 Å². The number of aromatic nitrogens is 2. The summed E-state index contributed by atoms with van der Waals surface area (Å²) in [5.74, 6) is 0.0591. The highest BCUT2D eigenvalue weighted by Crippen LogP contribution is 2.21. The molecule has 0 unspecified atom stereocenters. The molecule has 0 saturated heterocycles. The number of anilines is 1. The summed E-state index contributed by atoms with van der Waals surface area (Å²) in [7, 11) is 0. The van der Waals surface area contributed by atoms with Crippen molar-refractivity contribution in [3.8, 4) is 0 Å². The van der Waals surface area contributed by atoms with Gasteiger partial charge in [-0.3, -0.25) is 9.89 Å². The average molecular weight is 245 g/mol. The largest absolute Gasteiger partial charge is 0.326 e. The Morgan fingerprint density at radius 1 is 1.39 bits per heavy atom. The summed E-state index contributed by atoms with van der Waals surface area (Å²) in [5.41, 5.74) is 1.93. The van der Waals surface area contributed by atoms with E-state index in [2.05, 4.69) is 36.3 Å². The van der Waals surface area contributed by atoms with Crippen LogP contribution in [0.2, 0.25) is 0 Å². The standard InChI is InChI=1S/C14H19N3O/c1-14(2,3)7-6-13(18)16-11-5-4-10-9-15-17-12(10)8-11/h4-5,8-9H,6-7H2,1-3H3,(H,15,17)(H,16,18). The molecule has 0 fully saturated rings. The average Bonchev–Trinajstić information content (AvgIpc) is 2.72. The molecule has 0 radical (unpaired) electrons. The third-order valence-corrected chi connectivity index (χ3v) is 2.83. The van der Waals surface area contributed by atoms with Crippen molar-refractivity contribution in [2.45, 2.75) is 33.6 Å². The molecule has 0 bridgehead atoms. The number of carbonyl (C=O) groups is 1. The molecule has 0 aliphatic heterocycles. The zero-order valence-corrected chi connectivity index (χ0v) is 11.1. The zero-order chi connectivity index (χ0) is 13.2. The molecule has 1 aromatic carbocycles. The van der Waals surface area contributed by atoms with Gasteiger partial charge in [0.25, 0.3) is 0 Å². The van der Waals surface area contributed by atoms with Crippen molar-refractivity contribution < 1.29 is 4.79 Å². The molecular weight excluding hydrogens is 226 g/mol. The quantitative estimate of drug-likeness (QED) is 0.871. The van der Waals surface area contributed by atoms with E-state index in [1.807, 2.05) is 18.2 Å². The molecule has 96 valence electrons. The molecule has 0 aliphatic carbocycles. The van der Waals surface area contributed by atoms with Crippen molar-refractivity contribution in [2.24, 2.45) is 5.41 Å². The van der Waals surface area contributed by atoms with Gasteiger partial charge < -0.3 is 5.32 Å². The van der Waals surface area contributed by atoms with Gasteiger partial charge in [0.1, 0.15) is 0 Å². The Bertz CT molecular complexity index is 551. The minimum absolute atomic E-state index is 0.0591. The number of rotatable bonds is 3. The SMILES string of the molecule is CC(C)(C)CCC(=O)Nc1ccc2cn[nH]c2c1. The number of fused-ring (bicyclic) bond motifs is 1. The molecule has 0 saturated carbocycles. The maximum Gasteiger partial charge on any atom is 0.224 e. The van der Waals surface area contributed by atoms with Crippen LogP contribution in [0, 0.1) is 5.41 Å². The summed E-state index contributed by atoms with van der Waals surface area (Å²) in [5, 5.41) is 10.8. The van der Waals surface area contributed by atoms with E-state index in [9.17, 15) is 4.79 Å².